The minimum absolute atomic E-state index is 0. The van der Waals surface area contributed by atoms with Crippen LogP contribution >= 0.6 is 24.0 Å². The molecule has 0 saturated heterocycles. The maximum atomic E-state index is 11.9. The Hall–Kier alpha value is -0.970. The number of nitrogens with one attached hydrogen (secondary N) is 1. The number of halogens is 2. The minimum atomic E-state index is -0.606. The van der Waals surface area contributed by atoms with Crippen molar-refractivity contribution in [1.29, 1.82) is 0 Å². The highest BCUT2D eigenvalue weighted by atomic mass is 35.5. The molecule has 1 aromatic rings. The van der Waals surface area contributed by atoms with Crippen LogP contribution in [0.4, 0.5) is 5.69 Å². The summed E-state index contributed by atoms with van der Waals surface area (Å²) >= 11 is 6.04. The average Bonchev–Trinajstić information content (AvgIpc) is 2.32. The molecule has 0 heterocycles. The van der Waals surface area contributed by atoms with E-state index in [-0.39, 0.29) is 24.9 Å². The SMILES string of the molecule is CCOc1ccc(NC(=O)C(C)(C)CN)cc1Cl.Cl. The fourth-order valence-corrected chi connectivity index (χ4v) is 1.48. The number of anilines is 1. The Morgan fingerprint density at radius 1 is 1.47 bits per heavy atom. The largest absolute Gasteiger partial charge is 0.492 e. The predicted molar refractivity (Wildman–Crippen MR) is 81.3 cm³/mol. The summed E-state index contributed by atoms with van der Waals surface area (Å²) in [6.45, 7) is 6.29. The van der Waals surface area contributed by atoms with Gasteiger partial charge in [0.15, 0.2) is 0 Å². The van der Waals surface area contributed by atoms with E-state index in [1.54, 1.807) is 32.0 Å². The molecule has 0 aliphatic carbocycles. The molecule has 1 aromatic carbocycles. The highest BCUT2D eigenvalue weighted by Crippen LogP contribution is 2.28. The van der Waals surface area contributed by atoms with Crippen LogP contribution in [0.25, 0.3) is 0 Å². The van der Waals surface area contributed by atoms with Gasteiger partial charge >= 0.3 is 0 Å². The van der Waals surface area contributed by atoms with Crippen molar-refractivity contribution in [3.63, 3.8) is 0 Å². The third-order valence-corrected chi connectivity index (χ3v) is 2.91. The summed E-state index contributed by atoms with van der Waals surface area (Å²) in [5, 5.41) is 3.26. The molecule has 3 N–H and O–H groups in total. The van der Waals surface area contributed by atoms with Gasteiger partial charge in [0, 0.05) is 12.2 Å². The first kappa shape index (κ1) is 18.0. The minimum Gasteiger partial charge on any atom is -0.492 e. The van der Waals surface area contributed by atoms with Crippen molar-refractivity contribution in [2.45, 2.75) is 20.8 Å². The molecule has 1 rings (SSSR count). The summed E-state index contributed by atoms with van der Waals surface area (Å²) < 4.78 is 5.32. The zero-order valence-electron chi connectivity index (χ0n) is 11.3. The number of carbonyl (C=O) groups is 1. The van der Waals surface area contributed by atoms with Crippen LogP contribution in [-0.2, 0) is 4.79 Å². The topological polar surface area (TPSA) is 64.3 Å². The highest BCUT2D eigenvalue weighted by molar-refractivity contribution is 6.32. The van der Waals surface area contributed by atoms with Crippen LogP contribution in [0.2, 0.25) is 5.02 Å². The van der Waals surface area contributed by atoms with Crippen molar-refractivity contribution in [3.05, 3.63) is 23.2 Å². The van der Waals surface area contributed by atoms with Crippen molar-refractivity contribution in [2.75, 3.05) is 18.5 Å². The second kappa shape index (κ2) is 7.58. The van der Waals surface area contributed by atoms with Gasteiger partial charge in [-0.1, -0.05) is 11.6 Å². The Kier molecular flexibility index (Phi) is 7.19. The summed E-state index contributed by atoms with van der Waals surface area (Å²) in [5.74, 6) is 0.473. The Morgan fingerprint density at radius 2 is 2.11 bits per heavy atom. The van der Waals surface area contributed by atoms with E-state index in [0.29, 0.717) is 23.1 Å². The van der Waals surface area contributed by atoms with E-state index < -0.39 is 5.41 Å². The van der Waals surface area contributed by atoms with Crippen LogP contribution < -0.4 is 15.8 Å². The Bertz CT molecular complexity index is 437. The van der Waals surface area contributed by atoms with E-state index >= 15 is 0 Å². The molecule has 0 saturated carbocycles. The van der Waals surface area contributed by atoms with Gasteiger partial charge in [-0.25, -0.2) is 0 Å². The lowest BCUT2D eigenvalue weighted by atomic mass is 9.92. The van der Waals surface area contributed by atoms with Gasteiger partial charge in [-0.2, -0.15) is 0 Å². The van der Waals surface area contributed by atoms with E-state index in [1.165, 1.54) is 0 Å². The summed E-state index contributed by atoms with van der Waals surface area (Å²) in [4.78, 5) is 11.9. The Balaban J connectivity index is 0.00000324. The third-order valence-electron chi connectivity index (χ3n) is 2.61. The predicted octanol–water partition coefficient (Wildman–Crippen LogP) is 3.08. The van der Waals surface area contributed by atoms with Gasteiger partial charge in [0.2, 0.25) is 5.91 Å². The molecule has 0 radical (unpaired) electrons. The number of hydrogen-bond acceptors (Lipinski definition) is 3. The first-order valence-electron chi connectivity index (χ1n) is 5.84. The van der Waals surface area contributed by atoms with Crippen molar-refractivity contribution >= 4 is 35.6 Å². The number of rotatable bonds is 5. The van der Waals surface area contributed by atoms with Gasteiger partial charge in [0.25, 0.3) is 0 Å². The fraction of sp³-hybridized carbons (Fsp3) is 0.462. The Morgan fingerprint density at radius 3 is 2.58 bits per heavy atom. The first-order valence-corrected chi connectivity index (χ1v) is 6.22. The average molecular weight is 307 g/mol. The molecule has 108 valence electrons. The summed E-state index contributed by atoms with van der Waals surface area (Å²) in [6, 6.07) is 5.15. The number of carbonyl (C=O) groups excluding carboxylic acids is 1. The fourth-order valence-electron chi connectivity index (χ4n) is 1.24. The van der Waals surface area contributed by atoms with E-state index in [0.717, 1.165) is 0 Å². The molecule has 0 aliphatic rings. The van der Waals surface area contributed by atoms with E-state index in [2.05, 4.69) is 5.32 Å². The molecule has 1 amide bonds. The molecule has 19 heavy (non-hydrogen) atoms. The molecule has 0 aliphatic heterocycles. The highest BCUT2D eigenvalue weighted by Gasteiger charge is 2.25. The molecular formula is C13H20Cl2N2O2. The van der Waals surface area contributed by atoms with Gasteiger partial charge in [-0.05, 0) is 39.0 Å². The first-order chi connectivity index (χ1) is 8.40. The van der Waals surface area contributed by atoms with E-state index in [1.807, 2.05) is 6.92 Å². The quantitative estimate of drug-likeness (QED) is 0.878. The smallest absolute Gasteiger partial charge is 0.231 e. The van der Waals surface area contributed by atoms with Crippen LogP contribution in [0.5, 0.6) is 5.75 Å². The van der Waals surface area contributed by atoms with Crippen LogP contribution in [0.1, 0.15) is 20.8 Å². The maximum Gasteiger partial charge on any atom is 0.231 e. The van der Waals surface area contributed by atoms with Crippen LogP contribution in [0.15, 0.2) is 18.2 Å². The number of nitrogens with two attached hydrogens (primary N) is 1. The van der Waals surface area contributed by atoms with Crippen LogP contribution in [-0.4, -0.2) is 19.1 Å². The lowest BCUT2D eigenvalue weighted by Crippen LogP contribution is -2.37. The number of hydrogen-bond donors (Lipinski definition) is 2. The zero-order valence-corrected chi connectivity index (χ0v) is 12.9. The molecular weight excluding hydrogens is 287 g/mol. The second-order valence-electron chi connectivity index (χ2n) is 4.62. The van der Waals surface area contributed by atoms with Gasteiger partial charge in [-0.15, -0.1) is 12.4 Å². The lowest BCUT2D eigenvalue weighted by Gasteiger charge is -2.21. The van der Waals surface area contributed by atoms with Crippen molar-refractivity contribution in [3.8, 4) is 5.75 Å². The number of ether oxygens (including phenoxy) is 1. The summed E-state index contributed by atoms with van der Waals surface area (Å²) in [7, 11) is 0. The van der Waals surface area contributed by atoms with Crippen molar-refractivity contribution in [1.82, 2.24) is 0 Å². The molecule has 0 spiro atoms. The van der Waals surface area contributed by atoms with Gasteiger partial charge in [0.1, 0.15) is 5.75 Å². The molecule has 0 aromatic heterocycles. The maximum absolute atomic E-state index is 11.9. The van der Waals surface area contributed by atoms with Crippen LogP contribution in [0.3, 0.4) is 0 Å². The molecule has 4 nitrogen and oxygen atoms in total. The third kappa shape index (κ3) is 4.90. The van der Waals surface area contributed by atoms with Gasteiger partial charge in [-0.3, -0.25) is 4.79 Å². The van der Waals surface area contributed by atoms with Crippen LogP contribution in [0, 0.1) is 5.41 Å². The standard InChI is InChI=1S/C13H19ClN2O2.ClH/c1-4-18-11-6-5-9(7-10(11)14)16-12(17)13(2,3)8-15;/h5-7H,4,8,15H2,1-3H3,(H,16,17);1H. The molecule has 0 unspecified atom stereocenters. The second-order valence-corrected chi connectivity index (χ2v) is 5.03. The Labute approximate surface area is 125 Å². The number of benzene rings is 1. The summed E-state index contributed by atoms with van der Waals surface area (Å²) in [6.07, 6.45) is 0. The molecule has 6 heteroatoms. The van der Waals surface area contributed by atoms with Gasteiger partial charge < -0.3 is 15.8 Å². The van der Waals surface area contributed by atoms with E-state index in [4.69, 9.17) is 22.1 Å². The monoisotopic (exact) mass is 306 g/mol. The molecule has 0 atom stereocenters. The summed E-state index contributed by atoms with van der Waals surface area (Å²) in [5.41, 5.74) is 5.58. The normalized spacial score (nSPS) is 10.6. The molecule has 0 bridgehead atoms. The van der Waals surface area contributed by atoms with Crippen molar-refractivity contribution in [2.24, 2.45) is 11.1 Å². The zero-order chi connectivity index (χ0) is 13.8. The van der Waals surface area contributed by atoms with Gasteiger partial charge in [0.05, 0.1) is 17.0 Å². The number of amides is 1. The van der Waals surface area contributed by atoms with Crippen molar-refractivity contribution < 1.29 is 9.53 Å². The van der Waals surface area contributed by atoms with E-state index in [9.17, 15) is 4.79 Å². The molecule has 0 fully saturated rings. The lowest BCUT2D eigenvalue weighted by molar-refractivity contribution is -0.123.